The van der Waals surface area contributed by atoms with Crippen molar-refractivity contribution in [1.29, 1.82) is 0 Å². The Hall–Kier alpha value is -1.33. The molecule has 23 heavy (non-hydrogen) atoms. The Bertz CT molecular complexity index is 518. The molecule has 2 N–H and O–H groups in total. The van der Waals surface area contributed by atoms with Crippen LogP contribution in [0.15, 0.2) is 24.3 Å². The number of carbonyl (C=O) groups is 1. The van der Waals surface area contributed by atoms with Crippen molar-refractivity contribution in [3.63, 3.8) is 0 Å². The number of benzene rings is 1. The van der Waals surface area contributed by atoms with Gasteiger partial charge in [-0.3, -0.25) is 4.79 Å². The second-order valence-corrected chi connectivity index (χ2v) is 12.5. The molecule has 0 heterocycles. The predicted molar refractivity (Wildman–Crippen MR) is 97.2 cm³/mol. The normalized spacial score (nSPS) is 13.8. The van der Waals surface area contributed by atoms with E-state index in [4.69, 9.17) is 14.9 Å². The summed E-state index contributed by atoms with van der Waals surface area (Å²) in [6, 6.07) is 7.20. The van der Waals surface area contributed by atoms with Crippen molar-refractivity contribution in [2.75, 3.05) is 0 Å². The Labute approximate surface area is 141 Å². The summed E-state index contributed by atoms with van der Waals surface area (Å²) >= 11 is 0. The van der Waals surface area contributed by atoms with Gasteiger partial charge in [0.05, 0.1) is 6.10 Å². The number of hydrogen-bond donors (Lipinski definition) is 1. The average Bonchev–Trinajstić information content (AvgIpc) is 2.38. The molecule has 0 saturated carbocycles. The lowest BCUT2D eigenvalue weighted by Crippen LogP contribution is -2.43. The fourth-order valence-corrected chi connectivity index (χ4v) is 2.83. The molecular formula is C18H31NO3Si. The van der Waals surface area contributed by atoms with E-state index in [1.165, 1.54) is 0 Å². The summed E-state index contributed by atoms with van der Waals surface area (Å²) in [6.45, 7) is 14.7. The summed E-state index contributed by atoms with van der Waals surface area (Å²) in [5.74, 6) is 0.514. The fraction of sp³-hybridized carbons (Fsp3) is 0.611. The van der Waals surface area contributed by atoms with E-state index in [-0.39, 0.29) is 17.1 Å². The Morgan fingerprint density at radius 3 is 2.13 bits per heavy atom. The fourth-order valence-electron chi connectivity index (χ4n) is 1.80. The summed E-state index contributed by atoms with van der Waals surface area (Å²) in [5.41, 5.74) is 6.90. The van der Waals surface area contributed by atoms with Crippen LogP contribution in [0.4, 0.5) is 0 Å². The van der Waals surface area contributed by atoms with Crippen LogP contribution in [0.25, 0.3) is 0 Å². The lowest BCUT2D eigenvalue weighted by Gasteiger charge is -2.36. The standard InChI is InChI=1S/C18H31NO3Si/c1-13(2)21-17(20)16(19)12-14-8-10-15(11-9-14)22-23(6,7)18(3,4)5/h8-11,13,16H,12,19H2,1-7H3/t16-/m0/s1. The summed E-state index contributed by atoms with van der Waals surface area (Å²) in [7, 11) is -1.83. The third kappa shape index (κ3) is 5.99. The largest absolute Gasteiger partial charge is 0.544 e. The molecule has 0 aliphatic rings. The molecule has 1 aromatic rings. The minimum Gasteiger partial charge on any atom is -0.544 e. The van der Waals surface area contributed by atoms with Crippen molar-refractivity contribution >= 4 is 14.3 Å². The number of esters is 1. The third-order valence-electron chi connectivity index (χ3n) is 4.21. The summed E-state index contributed by atoms with van der Waals surface area (Å²) in [6.07, 6.45) is 0.320. The van der Waals surface area contributed by atoms with E-state index in [0.717, 1.165) is 11.3 Å². The van der Waals surface area contributed by atoms with Crippen LogP contribution in [0.3, 0.4) is 0 Å². The van der Waals surface area contributed by atoms with E-state index in [2.05, 4.69) is 33.9 Å². The molecule has 130 valence electrons. The van der Waals surface area contributed by atoms with E-state index in [1.807, 2.05) is 38.1 Å². The molecule has 0 aliphatic heterocycles. The molecule has 1 aromatic carbocycles. The second kappa shape index (κ2) is 7.49. The van der Waals surface area contributed by atoms with Gasteiger partial charge in [0, 0.05) is 0 Å². The molecule has 0 amide bonds. The molecule has 0 spiro atoms. The molecule has 1 atom stereocenters. The van der Waals surface area contributed by atoms with Gasteiger partial charge in [-0.15, -0.1) is 0 Å². The first-order valence-electron chi connectivity index (χ1n) is 8.16. The lowest BCUT2D eigenvalue weighted by molar-refractivity contribution is -0.148. The summed E-state index contributed by atoms with van der Waals surface area (Å²) in [5, 5.41) is 0.161. The third-order valence-corrected chi connectivity index (χ3v) is 8.57. The van der Waals surface area contributed by atoms with Crippen molar-refractivity contribution in [2.24, 2.45) is 5.73 Å². The first-order valence-corrected chi connectivity index (χ1v) is 11.1. The highest BCUT2D eigenvalue weighted by molar-refractivity contribution is 6.74. The first kappa shape index (κ1) is 19.7. The van der Waals surface area contributed by atoms with Crippen LogP contribution in [0.2, 0.25) is 18.1 Å². The van der Waals surface area contributed by atoms with Crippen molar-refractivity contribution in [1.82, 2.24) is 0 Å². The van der Waals surface area contributed by atoms with Gasteiger partial charge in [0.2, 0.25) is 8.32 Å². The highest BCUT2D eigenvalue weighted by Gasteiger charge is 2.38. The SMILES string of the molecule is CC(C)OC(=O)[C@@H](N)Cc1ccc(O[Si](C)(C)C(C)(C)C)cc1. The highest BCUT2D eigenvalue weighted by Crippen LogP contribution is 2.37. The molecule has 4 nitrogen and oxygen atoms in total. The molecule has 0 unspecified atom stereocenters. The zero-order chi connectivity index (χ0) is 17.8. The molecule has 5 heteroatoms. The molecule has 0 saturated heterocycles. The van der Waals surface area contributed by atoms with Crippen LogP contribution in [0, 0.1) is 0 Å². The number of ether oxygens (including phenoxy) is 1. The zero-order valence-electron chi connectivity index (χ0n) is 15.5. The van der Waals surface area contributed by atoms with Gasteiger partial charge < -0.3 is 14.9 Å². The van der Waals surface area contributed by atoms with Gasteiger partial charge in [-0.1, -0.05) is 32.9 Å². The Balaban J connectivity index is 2.69. The van der Waals surface area contributed by atoms with E-state index in [1.54, 1.807) is 0 Å². The minimum atomic E-state index is -1.83. The van der Waals surface area contributed by atoms with E-state index >= 15 is 0 Å². The number of nitrogens with two attached hydrogens (primary N) is 1. The van der Waals surface area contributed by atoms with Gasteiger partial charge in [0.25, 0.3) is 0 Å². The highest BCUT2D eigenvalue weighted by atomic mass is 28.4. The number of carbonyl (C=O) groups excluding carboxylic acids is 1. The Kier molecular flexibility index (Phi) is 6.42. The molecule has 0 radical (unpaired) electrons. The van der Waals surface area contributed by atoms with Crippen molar-refractivity contribution in [3.05, 3.63) is 29.8 Å². The maximum Gasteiger partial charge on any atom is 0.323 e. The van der Waals surface area contributed by atoms with Gasteiger partial charge in [-0.2, -0.15) is 0 Å². The van der Waals surface area contributed by atoms with Crippen molar-refractivity contribution in [2.45, 2.75) is 71.3 Å². The Morgan fingerprint density at radius 1 is 1.17 bits per heavy atom. The van der Waals surface area contributed by atoms with Crippen molar-refractivity contribution < 1.29 is 14.0 Å². The summed E-state index contributed by atoms with van der Waals surface area (Å²) < 4.78 is 11.4. The number of rotatable bonds is 6. The van der Waals surface area contributed by atoms with Gasteiger partial charge in [-0.05, 0) is 56.1 Å². The van der Waals surface area contributed by atoms with Crippen molar-refractivity contribution in [3.8, 4) is 5.75 Å². The monoisotopic (exact) mass is 337 g/mol. The average molecular weight is 338 g/mol. The lowest BCUT2D eigenvalue weighted by atomic mass is 10.1. The van der Waals surface area contributed by atoms with Crippen LogP contribution in [-0.4, -0.2) is 26.4 Å². The van der Waals surface area contributed by atoms with Crippen LogP contribution >= 0.6 is 0 Å². The van der Waals surface area contributed by atoms with E-state index in [0.29, 0.717) is 6.42 Å². The molecule has 0 aromatic heterocycles. The first-order chi connectivity index (χ1) is 10.4. The topological polar surface area (TPSA) is 61.5 Å². The van der Waals surface area contributed by atoms with Crippen LogP contribution in [0.5, 0.6) is 5.75 Å². The predicted octanol–water partition coefficient (Wildman–Crippen LogP) is 3.89. The molecule has 0 bridgehead atoms. The van der Waals surface area contributed by atoms with E-state index < -0.39 is 14.4 Å². The molecule has 1 rings (SSSR count). The van der Waals surface area contributed by atoms with Crippen LogP contribution < -0.4 is 10.2 Å². The smallest absolute Gasteiger partial charge is 0.323 e. The zero-order valence-corrected chi connectivity index (χ0v) is 16.5. The maximum atomic E-state index is 11.8. The van der Waals surface area contributed by atoms with Gasteiger partial charge in [-0.25, -0.2) is 0 Å². The van der Waals surface area contributed by atoms with Gasteiger partial charge >= 0.3 is 5.97 Å². The molecular weight excluding hydrogens is 306 g/mol. The molecule has 0 aliphatic carbocycles. The molecule has 0 fully saturated rings. The minimum absolute atomic E-state index is 0.145. The van der Waals surface area contributed by atoms with Gasteiger partial charge in [0.1, 0.15) is 11.8 Å². The van der Waals surface area contributed by atoms with Gasteiger partial charge in [0.15, 0.2) is 0 Å². The van der Waals surface area contributed by atoms with Crippen LogP contribution in [0.1, 0.15) is 40.2 Å². The second-order valence-electron chi connectivity index (χ2n) is 7.80. The van der Waals surface area contributed by atoms with E-state index in [9.17, 15) is 4.79 Å². The Morgan fingerprint density at radius 2 is 1.70 bits per heavy atom. The maximum absolute atomic E-state index is 11.8. The van der Waals surface area contributed by atoms with Crippen LogP contribution in [-0.2, 0) is 16.0 Å². The quantitative estimate of drug-likeness (QED) is 0.632. The summed E-state index contributed by atoms with van der Waals surface area (Å²) in [4.78, 5) is 11.8. The number of hydrogen-bond acceptors (Lipinski definition) is 4.